The summed E-state index contributed by atoms with van der Waals surface area (Å²) in [5, 5.41) is 25.6. The fourth-order valence-corrected chi connectivity index (χ4v) is 3.40. The third-order valence-corrected chi connectivity index (χ3v) is 5.31. The Hall–Kier alpha value is -0.610. The quantitative estimate of drug-likeness (QED) is 0.162. The topological polar surface area (TPSA) is 77.8 Å². The van der Waals surface area contributed by atoms with Crippen molar-refractivity contribution in [2.75, 3.05) is 13.2 Å². The molecule has 0 amide bonds. The van der Waals surface area contributed by atoms with Gasteiger partial charge in [-0.25, -0.2) is 0 Å². The Morgan fingerprint density at radius 1 is 0.483 bits per heavy atom. The molecule has 4 heteroatoms. The summed E-state index contributed by atoms with van der Waals surface area (Å²) in [4.78, 5) is 10.2. The highest BCUT2D eigenvalue weighted by Gasteiger charge is 1.96. The molecule has 0 heterocycles. The second kappa shape index (κ2) is 29.6. The van der Waals surface area contributed by atoms with Gasteiger partial charge in [-0.05, 0) is 19.3 Å². The summed E-state index contributed by atoms with van der Waals surface area (Å²) in [6.45, 7) is 2.94. The summed E-state index contributed by atoms with van der Waals surface area (Å²) in [6, 6.07) is 0. The molecule has 0 saturated carbocycles. The molecule has 29 heavy (non-hydrogen) atoms. The predicted molar refractivity (Wildman–Crippen MR) is 124 cm³/mol. The largest absolute Gasteiger partial charge is 0.481 e. The second-order valence-corrected chi connectivity index (χ2v) is 8.31. The van der Waals surface area contributed by atoms with Crippen molar-refractivity contribution in [3.8, 4) is 0 Å². The van der Waals surface area contributed by atoms with Crippen LogP contribution in [-0.4, -0.2) is 34.5 Å². The van der Waals surface area contributed by atoms with Crippen molar-refractivity contribution in [2.24, 2.45) is 0 Å². The summed E-state index contributed by atoms with van der Waals surface area (Å²) in [7, 11) is 0. The van der Waals surface area contributed by atoms with Crippen LogP contribution in [0.2, 0.25) is 0 Å². The molecular weight excluding hydrogens is 364 g/mol. The Labute approximate surface area is 181 Å². The third-order valence-electron chi connectivity index (χ3n) is 5.31. The molecule has 4 nitrogen and oxygen atoms in total. The van der Waals surface area contributed by atoms with Gasteiger partial charge in [0.2, 0.25) is 0 Å². The van der Waals surface area contributed by atoms with Crippen molar-refractivity contribution >= 4 is 5.97 Å². The standard InChI is InChI=1S/C13H26O2.C12H26O2/c1-2-3-4-5-6-7-8-9-10-11-12-13(14)15;13-11-9-7-5-3-1-2-4-6-8-10-12-14/h2-12H2,1H3,(H,14,15);13-14H,1-12H2. The normalized spacial score (nSPS) is 10.6. The molecule has 0 aliphatic rings. The number of carbonyl (C=O) groups is 1. The lowest BCUT2D eigenvalue weighted by atomic mass is 10.1. The molecule has 176 valence electrons. The van der Waals surface area contributed by atoms with Crippen LogP contribution in [0, 0.1) is 0 Å². The molecular formula is C25H52O4. The number of hydrogen-bond acceptors (Lipinski definition) is 3. The van der Waals surface area contributed by atoms with Gasteiger partial charge in [0.15, 0.2) is 0 Å². The summed E-state index contributed by atoms with van der Waals surface area (Å²) < 4.78 is 0. The molecule has 0 aliphatic heterocycles. The molecule has 0 bridgehead atoms. The summed E-state index contributed by atoms with van der Waals surface area (Å²) >= 11 is 0. The Bertz CT molecular complexity index is 283. The van der Waals surface area contributed by atoms with Crippen LogP contribution in [0.15, 0.2) is 0 Å². The fraction of sp³-hybridized carbons (Fsp3) is 0.960. The maximum absolute atomic E-state index is 10.2. The minimum absolute atomic E-state index is 0.344. The highest BCUT2D eigenvalue weighted by molar-refractivity contribution is 5.66. The number of hydrogen-bond donors (Lipinski definition) is 3. The van der Waals surface area contributed by atoms with Crippen LogP contribution in [0.3, 0.4) is 0 Å². The van der Waals surface area contributed by atoms with E-state index in [0.29, 0.717) is 19.6 Å². The predicted octanol–water partition coefficient (Wildman–Crippen LogP) is 7.25. The van der Waals surface area contributed by atoms with E-state index in [9.17, 15) is 4.79 Å². The Balaban J connectivity index is 0. The van der Waals surface area contributed by atoms with Gasteiger partial charge in [-0.3, -0.25) is 4.79 Å². The first-order valence-corrected chi connectivity index (χ1v) is 12.6. The molecule has 0 aromatic carbocycles. The third kappa shape index (κ3) is 35.2. The van der Waals surface area contributed by atoms with Crippen LogP contribution in [-0.2, 0) is 4.79 Å². The average molecular weight is 417 g/mol. The highest BCUT2D eigenvalue weighted by atomic mass is 16.4. The van der Waals surface area contributed by atoms with Gasteiger partial charge in [0.1, 0.15) is 0 Å². The van der Waals surface area contributed by atoms with E-state index >= 15 is 0 Å². The van der Waals surface area contributed by atoms with E-state index in [-0.39, 0.29) is 0 Å². The van der Waals surface area contributed by atoms with Crippen molar-refractivity contribution in [3.63, 3.8) is 0 Å². The first-order chi connectivity index (χ1) is 14.2. The molecule has 0 aromatic rings. The molecule has 0 aromatic heterocycles. The molecule has 0 unspecified atom stereocenters. The van der Waals surface area contributed by atoms with Crippen LogP contribution in [0.1, 0.15) is 142 Å². The molecule has 0 radical (unpaired) electrons. The van der Waals surface area contributed by atoms with Gasteiger partial charge in [0, 0.05) is 19.6 Å². The molecule has 3 N–H and O–H groups in total. The number of unbranched alkanes of at least 4 members (excludes halogenated alkanes) is 18. The SMILES string of the molecule is CCCCCCCCCCCCC(=O)O.OCCCCCCCCCCCCO. The number of aliphatic hydroxyl groups is 2. The maximum Gasteiger partial charge on any atom is 0.303 e. The lowest BCUT2D eigenvalue weighted by Crippen LogP contribution is -1.93. The molecule has 0 saturated heterocycles. The highest BCUT2D eigenvalue weighted by Crippen LogP contribution is 2.11. The van der Waals surface area contributed by atoms with E-state index in [2.05, 4.69) is 6.92 Å². The molecule has 0 atom stereocenters. The zero-order valence-corrected chi connectivity index (χ0v) is 19.5. The van der Waals surface area contributed by atoms with Gasteiger partial charge in [0.05, 0.1) is 0 Å². The van der Waals surface area contributed by atoms with Crippen molar-refractivity contribution < 1.29 is 20.1 Å². The van der Waals surface area contributed by atoms with Gasteiger partial charge in [-0.2, -0.15) is 0 Å². The van der Waals surface area contributed by atoms with Crippen molar-refractivity contribution in [3.05, 3.63) is 0 Å². The molecule has 0 fully saturated rings. The van der Waals surface area contributed by atoms with Crippen molar-refractivity contribution in [1.82, 2.24) is 0 Å². The first kappa shape index (κ1) is 30.6. The minimum Gasteiger partial charge on any atom is -0.481 e. The van der Waals surface area contributed by atoms with Crippen LogP contribution in [0.25, 0.3) is 0 Å². The van der Waals surface area contributed by atoms with E-state index in [4.69, 9.17) is 15.3 Å². The van der Waals surface area contributed by atoms with Crippen molar-refractivity contribution in [2.45, 2.75) is 142 Å². The summed E-state index contributed by atoms with van der Waals surface area (Å²) in [5.74, 6) is -0.658. The summed E-state index contributed by atoms with van der Waals surface area (Å²) in [6.07, 6.45) is 25.1. The number of aliphatic carboxylic acids is 1. The lowest BCUT2D eigenvalue weighted by Gasteiger charge is -2.01. The van der Waals surface area contributed by atoms with Gasteiger partial charge < -0.3 is 15.3 Å². The van der Waals surface area contributed by atoms with E-state index in [1.54, 1.807) is 0 Å². The lowest BCUT2D eigenvalue weighted by molar-refractivity contribution is -0.137. The Morgan fingerprint density at radius 3 is 1.03 bits per heavy atom. The van der Waals surface area contributed by atoms with E-state index < -0.39 is 5.97 Å². The zero-order valence-electron chi connectivity index (χ0n) is 19.5. The van der Waals surface area contributed by atoms with Crippen LogP contribution in [0.4, 0.5) is 0 Å². The number of carboxylic acid groups (broad SMARTS) is 1. The van der Waals surface area contributed by atoms with Gasteiger partial charge in [-0.1, -0.05) is 116 Å². The van der Waals surface area contributed by atoms with Crippen LogP contribution < -0.4 is 0 Å². The van der Waals surface area contributed by atoms with Gasteiger partial charge in [-0.15, -0.1) is 0 Å². The number of aliphatic hydroxyl groups excluding tert-OH is 2. The van der Waals surface area contributed by atoms with Crippen LogP contribution >= 0.6 is 0 Å². The minimum atomic E-state index is -0.658. The number of carboxylic acids is 1. The first-order valence-electron chi connectivity index (χ1n) is 12.6. The molecule has 0 rings (SSSR count). The molecule has 0 aliphatic carbocycles. The second-order valence-electron chi connectivity index (χ2n) is 8.31. The molecule has 0 spiro atoms. The maximum atomic E-state index is 10.2. The van der Waals surface area contributed by atoms with E-state index in [1.165, 1.54) is 103 Å². The van der Waals surface area contributed by atoms with E-state index in [0.717, 1.165) is 25.7 Å². The van der Waals surface area contributed by atoms with E-state index in [1.807, 2.05) is 0 Å². The van der Waals surface area contributed by atoms with Crippen LogP contribution in [0.5, 0.6) is 0 Å². The van der Waals surface area contributed by atoms with Gasteiger partial charge in [0.25, 0.3) is 0 Å². The average Bonchev–Trinajstić information content (AvgIpc) is 2.71. The summed E-state index contributed by atoms with van der Waals surface area (Å²) in [5.41, 5.74) is 0. The van der Waals surface area contributed by atoms with Gasteiger partial charge >= 0.3 is 5.97 Å². The zero-order chi connectivity index (χ0) is 21.8. The smallest absolute Gasteiger partial charge is 0.303 e. The Morgan fingerprint density at radius 2 is 0.759 bits per heavy atom. The Kier molecular flexibility index (Phi) is 31.2. The fourth-order valence-electron chi connectivity index (χ4n) is 3.40. The van der Waals surface area contributed by atoms with Crippen molar-refractivity contribution in [1.29, 1.82) is 0 Å². The monoisotopic (exact) mass is 416 g/mol. The number of rotatable bonds is 22.